The zero-order valence-electron chi connectivity index (χ0n) is 26.8. The van der Waals surface area contributed by atoms with Crippen molar-refractivity contribution in [3.8, 4) is 11.1 Å². The van der Waals surface area contributed by atoms with E-state index in [9.17, 15) is 14.7 Å². The van der Waals surface area contributed by atoms with Gasteiger partial charge in [-0.15, -0.1) is 10.2 Å². The number of amides is 2. The first-order valence-corrected chi connectivity index (χ1v) is 16.0. The van der Waals surface area contributed by atoms with Crippen LogP contribution in [0.2, 0.25) is 0 Å². The number of benzene rings is 3. The average molecular weight is 644 g/mol. The van der Waals surface area contributed by atoms with Crippen molar-refractivity contribution in [2.24, 2.45) is 5.92 Å². The van der Waals surface area contributed by atoms with Crippen molar-refractivity contribution < 1.29 is 23.8 Å². The molecule has 1 aromatic heterocycles. The van der Waals surface area contributed by atoms with E-state index in [2.05, 4.69) is 31.3 Å². The van der Waals surface area contributed by atoms with E-state index in [1.54, 1.807) is 17.0 Å². The Morgan fingerprint density at radius 1 is 1.13 bits per heavy atom. The lowest BCUT2D eigenvalue weighted by Crippen LogP contribution is -2.48. The minimum atomic E-state index is -1.48. The topological polar surface area (TPSA) is 145 Å². The van der Waals surface area contributed by atoms with Crippen molar-refractivity contribution in [3.05, 3.63) is 101 Å². The molecule has 2 amide bonds. The summed E-state index contributed by atoms with van der Waals surface area (Å²) in [4.78, 5) is 27.2. The summed E-state index contributed by atoms with van der Waals surface area (Å²) in [5, 5.41) is 32.6. The fourth-order valence-corrected chi connectivity index (χ4v) is 6.38. The molecule has 2 heterocycles. The highest BCUT2D eigenvalue weighted by molar-refractivity contribution is 5.94. The van der Waals surface area contributed by atoms with E-state index in [1.807, 2.05) is 55.5 Å². The Labute approximate surface area is 273 Å². The van der Waals surface area contributed by atoms with Gasteiger partial charge < -0.3 is 25.4 Å². The maximum atomic E-state index is 15.7. The third kappa shape index (κ3) is 8.38. The van der Waals surface area contributed by atoms with E-state index >= 15 is 4.39 Å². The van der Waals surface area contributed by atoms with Crippen LogP contribution in [0.3, 0.4) is 0 Å². The number of aromatic amines is 1. The monoisotopic (exact) mass is 643 g/mol. The molecule has 4 N–H and O–H groups in total. The predicted octanol–water partition coefficient (Wildman–Crippen LogP) is 4.52. The lowest BCUT2D eigenvalue weighted by molar-refractivity contribution is -0.0564. The lowest BCUT2D eigenvalue weighted by Gasteiger charge is -2.43. The highest BCUT2D eigenvalue weighted by atomic mass is 19.1. The summed E-state index contributed by atoms with van der Waals surface area (Å²) in [6.07, 6.45) is 2.11. The third-order valence-electron chi connectivity index (χ3n) is 8.80. The van der Waals surface area contributed by atoms with Crippen LogP contribution >= 0.6 is 0 Å². The van der Waals surface area contributed by atoms with Crippen LogP contribution in [0.1, 0.15) is 58.6 Å². The molecule has 1 unspecified atom stereocenters. The summed E-state index contributed by atoms with van der Waals surface area (Å²) >= 11 is 0. The van der Waals surface area contributed by atoms with Crippen molar-refractivity contribution in [1.29, 1.82) is 0 Å². The van der Waals surface area contributed by atoms with Gasteiger partial charge in [-0.05, 0) is 67.5 Å². The Morgan fingerprint density at radius 2 is 1.94 bits per heavy atom. The van der Waals surface area contributed by atoms with Gasteiger partial charge in [-0.2, -0.15) is 5.21 Å². The van der Waals surface area contributed by atoms with Crippen LogP contribution in [0.4, 0.5) is 9.18 Å². The van der Waals surface area contributed by atoms with Crippen LogP contribution < -0.4 is 10.6 Å². The second kappa shape index (κ2) is 15.7. The Kier molecular flexibility index (Phi) is 11.3. The maximum Gasteiger partial charge on any atom is 0.406 e. The molecule has 1 saturated heterocycles. The van der Waals surface area contributed by atoms with Gasteiger partial charge in [0.25, 0.3) is 5.91 Å². The number of rotatable bonds is 13. The molecule has 1 fully saturated rings. The second-order valence-electron chi connectivity index (χ2n) is 12.0. The number of alkyl carbamates (subject to hydrolysis) is 1. The molecule has 12 heteroatoms. The van der Waals surface area contributed by atoms with Gasteiger partial charge in [-0.1, -0.05) is 59.3 Å². The van der Waals surface area contributed by atoms with Crippen molar-refractivity contribution in [1.82, 2.24) is 36.2 Å². The van der Waals surface area contributed by atoms with Crippen molar-refractivity contribution in [2.45, 2.75) is 51.2 Å². The molecule has 0 radical (unpaired) electrons. The number of nitrogens with one attached hydrogen (secondary N) is 3. The Bertz CT molecular complexity index is 1630. The predicted molar refractivity (Wildman–Crippen MR) is 175 cm³/mol. The smallest absolute Gasteiger partial charge is 0.406 e. The third-order valence-corrected chi connectivity index (χ3v) is 8.80. The largest absolute Gasteiger partial charge is 0.453 e. The first kappa shape index (κ1) is 33.7. The van der Waals surface area contributed by atoms with Crippen LogP contribution in [0.15, 0.2) is 66.7 Å². The van der Waals surface area contributed by atoms with Crippen molar-refractivity contribution >= 4 is 12.0 Å². The first-order chi connectivity index (χ1) is 22.8. The molecule has 248 valence electrons. The number of H-pyrrole nitrogens is 1. The minimum Gasteiger partial charge on any atom is -0.453 e. The zero-order valence-corrected chi connectivity index (χ0v) is 26.8. The average Bonchev–Trinajstić information content (AvgIpc) is 3.62. The zero-order chi connectivity index (χ0) is 33.2. The number of ether oxygens (including phenoxy) is 1. The molecule has 1 aliphatic heterocycles. The molecular formula is C35H42FN7O4. The lowest BCUT2D eigenvalue weighted by atomic mass is 9.72. The molecule has 0 saturated carbocycles. The molecule has 1 aliphatic rings. The van der Waals surface area contributed by atoms with Gasteiger partial charge in [-0.3, -0.25) is 4.79 Å². The van der Waals surface area contributed by atoms with E-state index in [-0.39, 0.29) is 24.8 Å². The molecule has 4 aromatic rings. The Hall–Kier alpha value is -4.68. The molecule has 2 atom stereocenters. The van der Waals surface area contributed by atoms with Gasteiger partial charge in [0.2, 0.25) is 0 Å². The van der Waals surface area contributed by atoms with E-state index in [0.717, 1.165) is 11.1 Å². The Morgan fingerprint density at radius 3 is 2.68 bits per heavy atom. The summed E-state index contributed by atoms with van der Waals surface area (Å²) in [5.41, 5.74) is 2.62. The number of halogens is 1. The number of likely N-dealkylation sites (tertiary alicyclic amines) is 1. The number of aliphatic hydroxyl groups is 1. The van der Waals surface area contributed by atoms with Gasteiger partial charge in [0.1, 0.15) is 5.82 Å². The van der Waals surface area contributed by atoms with Crippen molar-refractivity contribution in [3.63, 3.8) is 0 Å². The summed E-state index contributed by atoms with van der Waals surface area (Å²) in [6, 6.07) is 19.9. The fourth-order valence-electron chi connectivity index (χ4n) is 6.38. The van der Waals surface area contributed by atoms with Crippen LogP contribution in [0, 0.1) is 18.7 Å². The van der Waals surface area contributed by atoms with E-state index in [1.165, 1.54) is 13.2 Å². The quantitative estimate of drug-likeness (QED) is 0.156. The van der Waals surface area contributed by atoms with Crippen LogP contribution in [0.25, 0.3) is 11.1 Å². The number of tetrazole rings is 1. The van der Waals surface area contributed by atoms with Crippen LogP contribution in [-0.2, 0) is 23.3 Å². The molecule has 11 nitrogen and oxygen atoms in total. The van der Waals surface area contributed by atoms with E-state index in [0.29, 0.717) is 79.9 Å². The van der Waals surface area contributed by atoms with Crippen molar-refractivity contribution in [2.75, 3.05) is 33.3 Å². The number of piperidine rings is 1. The number of nitrogens with zero attached hydrogens (tertiary/aromatic N) is 4. The van der Waals surface area contributed by atoms with Crippen LogP contribution in [-0.4, -0.2) is 75.9 Å². The van der Waals surface area contributed by atoms with Gasteiger partial charge >= 0.3 is 6.09 Å². The molecular weight excluding hydrogens is 601 g/mol. The SMILES string of the molecule is COC(=O)NCCCC(O)(c1cccc(F)c1-c1cccc(C)c1)[C@@H]1CCCN(C(=O)c2ccc(CNCCc3nn[nH]n3)cc2)C1. The maximum absolute atomic E-state index is 15.7. The highest BCUT2D eigenvalue weighted by Crippen LogP contribution is 2.44. The fraction of sp³-hybridized carbons (Fsp3) is 0.400. The second-order valence-corrected chi connectivity index (χ2v) is 12.0. The Balaban J connectivity index is 1.34. The molecule has 0 spiro atoms. The number of hydrogen-bond acceptors (Lipinski definition) is 8. The number of aromatic nitrogens is 4. The number of carbonyl (C=O) groups is 2. The molecule has 5 rings (SSSR count). The summed E-state index contributed by atoms with van der Waals surface area (Å²) in [6.45, 7) is 4.41. The normalized spacial score (nSPS) is 16.0. The number of carbonyl (C=O) groups excluding carboxylic acids is 2. The summed E-state index contributed by atoms with van der Waals surface area (Å²) in [5.74, 6) is -0.260. The van der Waals surface area contributed by atoms with Gasteiger partial charge in [0, 0.05) is 56.2 Å². The number of aryl methyl sites for hydroxylation is 1. The van der Waals surface area contributed by atoms with E-state index < -0.39 is 17.5 Å². The minimum absolute atomic E-state index is 0.112. The van der Waals surface area contributed by atoms with Gasteiger partial charge in [0.15, 0.2) is 5.82 Å². The first-order valence-electron chi connectivity index (χ1n) is 16.0. The molecule has 47 heavy (non-hydrogen) atoms. The summed E-state index contributed by atoms with van der Waals surface area (Å²) < 4.78 is 20.4. The summed E-state index contributed by atoms with van der Waals surface area (Å²) in [7, 11) is 1.30. The standard InChI is InChI=1S/C35H42FN7O4/c1-24-7-3-8-27(21-24)32-29(10-4-11-30(32)36)35(46,17-6-18-38-34(45)47-2)28-9-5-20-43(23-28)33(44)26-14-12-25(13-15-26)22-37-19-16-31-39-41-42-40-31/h3-4,7-8,10-15,21,28,37,46H,5-6,9,16-20,22-23H2,1-2H3,(H,38,45)(H,39,40,41,42)/t28-,35?/m1/s1. The molecule has 0 bridgehead atoms. The molecule has 3 aromatic carbocycles. The van der Waals surface area contributed by atoms with Gasteiger partial charge in [0.05, 0.1) is 12.7 Å². The number of methoxy groups -OCH3 is 1. The number of hydrogen-bond donors (Lipinski definition) is 4. The van der Waals surface area contributed by atoms with Crippen LogP contribution in [0.5, 0.6) is 0 Å². The van der Waals surface area contributed by atoms with E-state index in [4.69, 9.17) is 4.74 Å². The van der Waals surface area contributed by atoms with Gasteiger partial charge in [-0.25, -0.2) is 9.18 Å². The molecule has 0 aliphatic carbocycles. The highest BCUT2D eigenvalue weighted by Gasteiger charge is 2.43.